The number of carboxylic acid groups (broad SMARTS) is 1. The molecule has 1 heterocycles. The summed E-state index contributed by atoms with van der Waals surface area (Å²) in [6, 6.07) is 13.7. The van der Waals surface area contributed by atoms with Crippen molar-refractivity contribution in [3.63, 3.8) is 0 Å². The SMILES string of the molecule is CCCCN(C(=O)c1ccccc1F)c1nnc(-c2ccc(CCNCC(=O)O)cc2)s1. The fourth-order valence-electron chi connectivity index (χ4n) is 3.06. The van der Waals surface area contributed by atoms with Gasteiger partial charge in [0.1, 0.15) is 10.8 Å². The van der Waals surface area contributed by atoms with Gasteiger partial charge in [-0.25, -0.2) is 4.39 Å². The van der Waals surface area contributed by atoms with Crippen LogP contribution in [0.5, 0.6) is 0 Å². The number of nitrogens with one attached hydrogen (secondary N) is 1. The van der Waals surface area contributed by atoms with Crippen LogP contribution < -0.4 is 10.2 Å². The molecule has 0 radical (unpaired) electrons. The minimum atomic E-state index is -0.881. The van der Waals surface area contributed by atoms with Crippen molar-refractivity contribution >= 4 is 28.3 Å². The van der Waals surface area contributed by atoms with E-state index in [0.717, 1.165) is 24.0 Å². The number of carboxylic acids is 1. The highest BCUT2D eigenvalue weighted by Gasteiger charge is 2.23. The molecule has 0 bridgehead atoms. The molecular weight excluding hydrogens is 431 g/mol. The zero-order valence-corrected chi connectivity index (χ0v) is 18.6. The van der Waals surface area contributed by atoms with E-state index in [-0.39, 0.29) is 12.1 Å². The van der Waals surface area contributed by atoms with Crippen LogP contribution in [0.3, 0.4) is 0 Å². The van der Waals surface area contributed by atoms with Crippen LogP contribution in [0.4, 0.5) is 9.52 Å². The summed E-state index contributed by atoms with van der Waals surface area (Å²) in [5.74, 6) is -1.87. The van der Waals surface area contributed by atoms with Crippen molar-refractivity contribution in [1.82, 2.24) is 15.5 Å². The van der Waals surface area contributed by atoms with E-state index >= 15 is 0 Å². The Labute approximate surface area is 189 Å². The topological polar surface area (TPSA) is 95.4 Å². The number of nitrogens with zero attached hydrogens (tertiary/aromatic N) is 3. The van der Waals surface area contributed by atoms with Crippen molar-refractivity contribution in [3.8, 4) is 10.6 Å². The molecule has 1 amide bonds. The van der Waals surface area contributed by atoms with E-state index in [1.807, 2.05) is 31.2 Å². The summed E-state index contributed by atoms with van der Waals surface area (Å²) < 4.78 is 14.2. The quantitative estimate of drug-likeness (QED) is 0.424. The highest BCUT2D eigenvalue weighted by molar-refractivity contribution is 7.18. The van der Waals surface area contributed by atoms with Crippen LogP contribution in [-0.4, -0.2) is 46.8 Å². The van der Waals surface area contributed by atoms with Crippen LogP contribution >= 0.6 is 11.3 Å². The standard InChI is InChI=1S/C23H25FN4O3S/c1-2-3-14-28(22(31)18-6-4-5-7-19(18)24)23-27-26-21(32-23)17-10-8-16(9-11-17)12-13-25-15-20(29)30/h4-11,25H,2-3,12-15H2,1H3,(H,29,30). The molecule has 0 unspecified atom stereocenters. The van der Waals surface area contributed by atoms with Gasteiger partial charge in [0.25, 0.3) is 5.91 Å². The minimum Gasteiger partial charge on any atom is -0.480 e. The summed E-state index contributed by atoms with van der Waals surface area (Å²) in [7, 11) is 0. The average molecular weight is 457 g/mol. The number of amides is 1. The van der Waals surface area contributed by atoms with Crippen LogP contribution in [0.25, 0.3) is 10.6 Å². The zero-order valence-electron chi connectivity index (χ0n) is 17.8. The average Bonchev–Trinajstić information content (AvgIpc) is 3.27. The van der Waals surface area contributed by atoms with E-state index in [0.29, 0.717) is 29.6 Å². The fraction of sp³-hybridized carbons (Fsp3) is 0.304. The van der Waals surface area contributed by atoms with Gasteiger partial charge in [0.2, 0.25) is 5.13 Å². The Hall–Kier alpha value is -3.17. The third kappa shape index (κ3) is 6.18. The maximum Gasteiger partial charge on any atom is 0.317 e. The molecule has 2 aromatic carbocycles. The smallest absolute Gasteiger partial charge is 0.317 e. The third-order valence-corrected chi connectivity index (χ3v) is 5.79. The molecule has 0 spiro atoms. The molecule has 3 rings (SSSR count). The van der Waals surface area contributed by atoms with E-state index in [1.165, 1.54) is 28.4 Å². The Morgan fingerprint density at radius 2 is 1.88 bits per heavy atom. The number of unbranched alkanes of at least 4 members (excludes halogenated alkanes) is 1. The second kappa shape index (κ2) is 11.4. The van der Waals surface area contributed by atoms with Gasteiger partial charge in [-0.05, 0) is 37.1 Å². The lowest BCUT2D eigenvalue weighted by Crippen LogP contribution is -2.32. The molecule has 168 valence electrons. The number of aromatic nitrogens is 2. The first kappa shape index (κ1) is 23.5. The van der Waals surface area contributed by atoms with Gasteiger partial charge < -0.3 is 10.4 Å². The molecule has 0 atom stereocenters. The largest absolute Gasteiger partial charge is 0.480 e. The molecule has 0 aliphatic heterocycles. The van der Waals surface area contributed by atoms with E-state index in [9.17, 15) is 14.0 Å². The number of hydrogen-bond acceptors (Lipinski definition) is 6. The Kier molecular flexibility index (Phi) is 8.41. The summed E-state index contributed by atoms with van der Waals surface area (Å²) in [4.78, 5) is 25.0. The molecule has 0 saturated carbocycles. The first-order valence-corrected chi connectivity index (χ1v) is 11.2. The summed E-state index contributed by atoms with van der Waals surface area (Å²) >= 11 is 1.29. The van der Waals surface area contributed by atoms with Gasteiger partial charge in [0.15, 0.2) is 0 Å². The number of rotatable bonds is 11. The molecule has 0 fully saturated rings. The molecule has 9 heteroatoms. The van der Waals surface area contributed by atoms with Crippen molar-refractivity contribution in [3.05, 3.63) is 65.5 Å². The van der Waals surface area contributed by atoms with Crippen molar-refractivity contribution in [2.24, 2.45) is 0 Å². The van der Waals surface area contributed by atoms with Crippen LogP contribution in [-0.2, 0) is 11.2 Å². The number of anilines is 1. The van der Waals surface area contributed by atoms with Gasteiger partial charge in [0, 0.05) is 12.1 Å². The van der Waals surface area contributed by atoms with Gasteiger partial charge in [-0.2, -0.15) is 0 Å². The van der Waals surface area contributed by atoms with Crippen molar-refractivity contribution in [2.75, 3.05) is 24.5 Å². The Balaban J connectivity index is 1.73. The normalized spacial score (nSPS) is 10.8. The first-order valence-electron chi connectivity index (χ1n) is 10.4. The van der Waals surface area contributed by atoms with Crippen LogP contribution in [0.15, 0.2) is 48.5 Å². The molecule has 0 saturated heterocycles. The zero-order chi connectivity index (χ0) is 22.9. The van der Waals surface area contributed by atoms with Gasteiger partial charge in [-0.3, -0.25) is 14.5 Å². The molecule has 32 heavy (non-hydrogen) atoms. The molecular formula is C23H25FN4O3S. The van der Waals surface area contributed by atoms with Crippen molar-refractivity contribution < 1.29 is 19.1 Å². The second-order valence-corrected chi connectivity index (χ2v) is 8.15. The summed E-state index contributed by atoms with van der Waals surface area (Å²) in [6.07, 6.45) is 2.35. The van der Waals surface area contributed by atoms with Crippen LogP contribution in [0.2, 0.25) is 0 Å². The molecule has 2 N–H and O–H groups in total. The highest BCUT2D eigenvalue weighted by Crippen LogP contribution is 2.30. The van der Waals surface area contributed by atoms with E-state index in [4.69, 9.17) is 5.11 Å². The lowest BCUT2D eigenvalue weighted by atomic mass is 10.1. The predicted molar refractivity (Wildman–Crippen MR) is 123 cm³/mol. The second-order valence-electron chi connectivity index (χ2n) is 7.20. The number of halogens is 1. The van der Waals surface area contributed by atoms with Crippen molar-refractivity contribution in [2.45, 2.75) is 26.2 Å². The number of benzene rings is 2. The minimum absolute atomic E-state index is 0.0150. The lowest BCUT2D eigenvalue weighted by Gasteiger charge is -2.19. The molecule has 3 aromatic rings. The Morgan fingerprint density at radius 3 is 2.56 bits per heavy atom. The van der Waals surface area contributed by atoms with Crippen LogP contribution in [0.1, 0.15) is 35.7 Å². The Morgan fingerprint density at radius 1 is 1.12 bits per heavy atom. The molecule has 0 aliphatic carbocycles. The number of hydrogen-bond donors (Lipinski definition) is 2. The lowest BCUT2D eigenvalue weighted by molar-refractivity contribution is -0.135. The van der Waals surface area contributed by atoms with Crippen molar-refractivity contribution in [1.29, 1.82) is 0 Å². The summed E-state index contributed by atoms with van der Waals surface area (Å²) in [5, 5.41) is 21.1. The Bertz CT molecular complexity index is 1060. The maximum atomic E-state index is 14.2. The monoisotopic (exact) mass is 456 g/mol. The summed E-state index contributed by atoms with van der Waals surface area (Å²) in [5.41, 5.74) is 1.95. The van der Waals surface area contributed by atoms with E-state index in [2.05, 4.69) is 15.5 Å². The third-order valence-electron chi connectivity index (χ3n) is 4.80. The predicted octanol–water partition coefficient (Wildman–Crippen LogP) is 4.01. The summed E-state index contributed by atoms with van der Waals surface area (Å²) in [6.45, 7) is 2.96. The number of carbonyl (C=O) groups excluding carboxylic acids is 1. The van der Waals surface area contributed by atoms with E-state index in [1.54, 1.807) is 12.1 Å². The van der Waals surface area contributed by atoms with Gasteiger partial charge >= 0.3 is 5.97 Å². The van der Waals surface area contributed by atoms with Gasteiger partial charge in [-0.15, -0.1) is 10.2 Å². The van der Waals surface area contributed by atoms with Crippen LogP contribution in [0, 0.1) is 5.82 Å². The highest BCUT2D eigenvalue weighted by atomic mass is 32.1. The maximum absolute atomic E-state index is 14.2. The van der Waals surface area contributed by atoms with Gasteiger partial charge in [0.05, 0.1) is 12.1 Å². The molecule has 0 aliphatic rings. The molecule has 7 nitrogen and oxygen atoms in total. The first-order chi connectivity index (χ1) is 15.5. The number of aliphatic carboxylic acids is 1. The molecule has 1 aromatic heterocycles. The van der Waals surface area contributed by atoms with E-state index < -0.39 is 17.7 Å². The fourth-order valence-corrected chi connectivity index (χ4v) is 3.94. The van der Waals surface area contributed by atoms with Gasteiger partial charge in [-0.1, -0.05) is 61.1 Å². The number of carbonyl (C=O) groups is 2.